The smallest absolute Gasteiger partial charge is 0.341 e. The van der Waals surface area contributed by atoms with Gasteiger partial charge in [-0.05, 0) is 65.0 Å². The number of thioether (sulfide) groups is 1. The Morgan fingerprint density at radius 1 is 1.38 bits per heavy atom. The lowest BCUT2D eigenvalue weighted by Crippen LogP contribution is -2.42. The number of halogens is 1. The van der Waals surface area contributed by atoms with Gasteiger partial charge >= 0.3 is 11.9 Å². The molecule has 0 radical (unpaired) electrons. The van der Waals surface area contributed by atoms with Crippen LogP contribution in [0.5, 0.6) is 5.75 Å². The lowest BCUT2D eigenvalue weighted by Gasteiger charge is -2.18. The summed E-state index contributed by atoms with van der Waals surface area (Å²) in [4.78, 5) is 47.7. The topological polar surface area (TPSA) is 110 Å². The van der Waals surface area contributed by atoms with Crippen molar-refractivity contribution in [2.24, 2.45) is 0 Å². The van der Waals surface area contributed by atoms with Crippen LogP contribution in [0.2, 0.25) is 0 Å². The van der Waals surface area contributed by atoms with Gasteiger partial charge in [0.15, 0.2) is 6.61 Å². The van der Waals surface area contributed by atoms with E-state index >= 15 is 0 Å². The van der Waals surface area contributed by atoms with E-state index in [1.165, 1.54) is 20.1 Å². The monoisotopic (exact) mass is 491 g/mol. The van der Waals surface area contributed by atoms with Crippen LogP contribution in [0.3, 0.4) is 0 Å². The molecule has 1 aliphatic rings. The molecule has 0 unspecified atom stereocenters. The molecule has 8 nitrogen and oxygen atoms in total. The van der Waals surface area contributed by atoms with Crippen molar-refractivity contribution in [2.75, 3.05) is 13.7 Å². The number of nitrogens with zero attached hydrogens (tertiary/aromatic N) is 1. The van der Waals surface area contributed by atoms with E-state index in [-0.39, 0.29) is 4.91 Å². The minimum Gasteiger partial charge on any atom is -0.481 e. The van der Waals surface area contributed by atoms with Crippen LogP contribution in [0, 0.1) is 3.57 Å². The molecule has 0 saturated carbocycles. The molecule has 1 N–H and O–H groups in total. The Bertz CT molecular complexity index is 808. The van der Waals surface area contributed by atoms with Crippen molar-refractivity contribution in [2.45, 2.75) is 13.0 Å². The largest absolute Gasteiger partial charge is 0.481 e. The van der Waals surface area contributed by atoms with Crippen molar-refractivity contribution < 1.29 is 33.8 Å². The van der Waals surface area contributed by atoms with Crippen LogP contribution < -0.4 is 4.74 Å². The zero-order valence-electron chi connectivity index (χ0n) is 13.7. The summed E-state index contributed by atoms with van der Waals surface area (Å²) < 4.78 is 10.4. The summed E-state index contributed by atoms with van der Waals surface area (Å²) in [5.74, 6) is -1.93. The summed E-state index contributed by atoms with van der Waals surface area (Å²) in [6.07, 6.45) is 1.53. The summed E-state index contributed by atoms with van der Waals surface area (Å²) in [6.45, 7) is 0.961. The molecule has 0 spiro atoms. The highest BCUT2D eigenvalue weighted by Gasteiger charge is 2.41. The van der Waals surface area contributed by atoms with E-state index in [1.807, 2.05) is 22.6 Å². The Morgan fingerprint density at radius 3 is 2.65 bits per heavy atom. The normalized spacial score (nSPS) is 16.7. The first kappa shape index (κ1) is 20.2. The van der Waals surface area contributed by atoms with Crippen LogP contribution in [0.4, 0.5) is 4.79 Å². The van der Waals surface area contributed by atoms with E-state index in [1.54, 1.807) is 18.2 Å². The number of esters is 1. The molecule has 1 aromatic rings. The van der Waals surface area contributed by atoms with Crippen LogP contribution in [-0.4, -0.2) is 52.8 Å². The van der Waals surface area contributed by atoms with E-state index in [2.05, 4.69) is 4.74 Å². The second kappa shape index (κ2) is 8.54. The fourth-order valence-electron chi connectivity index (χ4n) is 2.10. The second-order valence-corrected chi connectivity index (χ2v) is 7.28. The molecule has 138 valence electrons. The number of benzene rings is 1. The molecule has 1 atom stereocenters. The number of aliphatic carboxylic acids is 1. The van der Waals surface area contributed by atoms with E-state index < -0.39 is 35.7 Å². The van der Waals surface area contributed by atoms with Gasteiger partial charge in [-0.2, -0.15) is 0 Å². The van der Waals surface area contributed by atoms with Gasteiger partial charge in [-0.15, -0.1) is 0 Å². The molecular weight excluding hydrogens is 477 g/mol. The van der Waals surface area contributed by atoms with Gasteiger partial charge < -0.3 is 14.6 Å². The lowest BCUT2D eigenvalue weighted by molar-refractivity contribution is -0.148. The summed E-state index contributed by atoms with van der Waals surface area (Å²) in [6, 6.07) is 3.90. The third-order valence-corrected chi connectivity index (χ3v) is 5.08. The number of carbonyl (C=O) groups is 4. The summed E-state index contributed by atoms with van der Waals surface area (Å²) in [5, 5.41) is 8.10. The third kappa shape index (κ3) is 4.55. The highest BCUT2D eigenvalue weighted by atomic mass is 127. The molecule has 1 saturated heterocycles. The molecule has 1 aliphatic heterocycles. The number of carboxylic acids is 1. The first-order valence-corrected chi connectivity index (χ1v) is 9.13. The molecule has 0 bridgehead atoms. The van der Waals surface area contributed by atoms with Crippen LogP contribution in [0.25, 0.3) is 6.08 Å². The number of imide groups is 1. The highest BCUT2D eigenvalue weighted by molar-refractivity contribution is 14.1. The molecule has 2 rings (SSSR count). The molecule has 1 heterocycles. The van der Waals surface area contributed by atoms with Crippen molar-refractivity contribution in [3.8, 4) is 5.75 Å². The van der Waals surface area contributed by atoms with Crippen molar-refractivity contribution in [3.05, 3.63) is 32.2 Å². The number of carboxylic acid groups (broad SMARTS) is 1. The number of rotatable bonds is 6. The first-order chi connectivity index (χ1) is 12.2. The third-order valence-electron chi connectivity index (χ3n) is 3.36. The van der Waals surface area contributed by atoms with Crippen LogP contribution in [0.1, 0.15) is 12.5 Å². The molecule has 0 aromatic heterocycles. The van der Waals surface area contributed by atoms with Gasteiger partial charge in [0.1, 0.15) is 11.8 Å². The molecule has 0 aliphatic carbocycles. The number of methoxy groups -OCH3 is 1. The van der Waals surface area contributed by atoms with Crippen LogP contribution >= 0.6 is 34.4 Å². The zero-order chi connectivity index (χ0) is 19.4. The maximum absolute atomic E-state index is 12.4. The van der Waals surface area contributed by atoms with Gasteiger partial charge in [-0.25, -0.2) is 9.59 Å². The molecule has 10 heteroatoms. The molecular formula is C16H14INO7S. The van der Waals surface area contributed by atoms with Gasteiger partial charge in [0, 0.05) is 0 Å². The Labute approximate surface area is 166 Å². The predicted molar refractivity (Wildman–Crippen MR) is 102 cm³/mol. The highest BCUT2D eigenvalue weighted by Crippen LogP contribution is 2.34. The summed E-state index contributed by atoms with van der Waals surface area (Å²) in [5.41, 5.74) is 0.633. The molecule has 26 heavy (non-hydrogen) atoms. The first-order valence-electron chi connectivity index (χ1n) is 7.23. The summed E-state index contributed by atoms with van der Waals surface area (Å²) in [7, 11) is 1.18. The van der Waals surface area contributed by atoms with E-state index in [0.717, 1.165) is 16.7 Å². The van der Waals surface area contributed by atoms with Gasteiger partial charge in [0.05, 0.1) is 15.6 Å². The Morgan fingerprint density at radius 2 is 2.08 bits per heavy atom. The van der Waals surface area contributed by atoms with Gasteiger partial charge in [-0.1, -0.05) is 6.07 Å². The minimum absolute atomic E-state index is 0.181. The van der Waals surface area contributed by atoms with E-state index in [9.17, 15) is 19.2 Å². The quantitative estimate of drug-likeness (QED) is 0.367. The number of hydrogen-bond donors (Lipinski definition) is 1. The number of carbonyl (C=O) groups excluding carboxylic acids is 3. The number of ether oxygens (including phenoxy) is 2. The van der Waals surface area contributed by atoms with Crippen LogP contribution in [-0.2, 0) is 19.1 Å². The van der Waals surface area contributed by atoms with Crippen molar-refractivity contribution in [1.29, 1.82) is 0 Å². The van der Waals surface area contributed by atoms with Crippen molar-refractivity contribution >= 4 is 63.5 Å². The standard InChI is InChI=1S/C16H14INO7S/c1-8(15(22)24-2)18-14(21)12(26-16(18)23)6-9-3-4-11(10(17)5-9)25-7-13(19)20/h3-6,8H,7H2,1-2H3,(H,19,20)/b12-6+/t8-/m1/s1. The SMILES string of the molecule is COC(=O)[C@@H](C)N1C(=O)S/C(=C/c2ccc(OCC(=O)O)c(I)c2)C1=O. The van der Waals surface area contributed by atoms with Crippen LogP contribution in [0.15, 0.2) is 23.1 Å². The van der Waals surface area contributed by atoms with E-state index in [4.69, 9.17) is 9.84 Å². The minimum atomic E-state index is -1.08. The zero-order valence-corrected chi connectivity index (χ0v) is 16.7. The van der Waals surface area contributed by atoms with E-state index in [0.29, 0.717) is 14.9 Å². The fourth-order valence-corrected chi connectivity index (χ4v) is 3.71. The average molecular weight is 491 g/mol. The Balaban J connectivity index is 2.21. The van der Waals surface area contributed by atoms with Crippen molar-refractivity contribution in [3.63, 3.8) is 0 Å². The van der Waals surface area contributed by atoms with Gasteiger partial charge in [-0.3, -0.25) is 14.5 Å². The second-order valence-electron chi connectivity index (χ2n) is 5.12. The molecule has 1 fully saturated rings. The maximum Gasteiger partial charge on any atom is 0.341 e. The van der Waals surface area contributed by atoms with Gasteiger partial charge in [0.25, 0.3) is 11.1 Å². The number of hydrogen-bond acceptors (Lipinski definition) is 7. The van der Waals surface area contributed by atoms with Crippen molar-refractivity contribution in [1.82, 2.24) is 4.90 Å². The summed E-state index contributed by atoms with van der Waals surface area (Å²) >= 11 is 2.72. The maximum atomic E-state index is 12.4. The number of amides is 2. The Kier molecular flexibility index (Phi) is 6.64. The lowest BCUT2D eigenvalue weighted by atomic mass is 10.2. The van der Waals surface area contributed by atoms with Gasteiger partial charge in [0.2, 0.25) is 0 Å². The average Bonchev–Trinajstić information content (AvgIpc) is 2.86. The fraction of sp³-hybridized carbons (Fsp3) is 0.250. The predicted octanol–water partition coefficient (Wildman–Crippen LogP) is 2.35. The molecule has 1 aromatic carbocycles. The molecule has 2 amide bonds. The Hall–Kier alpha value is -2.08.